The van der Waals surface area contributed by atoms with Crippen LogP contribution in [0.25, 0.3) is 11.3 Å². The van der Waals surface area contributed by atoms with E-state index in [0.29, 0.717) is 28.0 Å². The number of amides is 1. The van der Waals surface area contributed by atoms with E-state index in [-0.39, 0.29) is 12.5 Å². The van der Waals surface area contributed by atoms with E-state index >= 15 is 0 Å². The molecule has 3 aromatic rings. The number of benzene rings is 2. The number of hydrazone groups is 1. The molecule has 0 aliphatic heterocycles. The summed E-state index contributed by atoms with van der Waals surface area (Å²) in [6.07, 6.45) is 1.42. The van der Waals surface area contributed by atoms with Gasteiger partial charge in [-0.3, -0.25) is 4.79 Å². The minimum Gasteiger partial charge on any atom is -0.495 e. The highest BCUT2D eigenvalue weighted by molar-refractivity contribution is 9.10. The zero-order valence-electron chi connectivity index (χ0n) is 16.7. The van der Waals surface area contributed by atoms with Gasteiger partial charge in [-0.2, -0.15) is 5.10 Å². The Morgan fingerprint density at radius 1 is 1.20 bits per heavy atom. The van der Waals surface area contributed by atoms with Crippen LogP contribution in [0.2, 0.25) is 5.02 Å². The van der Waals surface area contributed by atoms with Crippen molar-refractivity contribution in [3.05, 3.63) is 68.8 Å². The molecule has 1 heterocycles. The first-order chi connectivity index (χ1) is 14.4. The van der Waals surface area contributed by atoms with Gasteiger partial charge in [-0.05, 0) is 67.4 Å². The molecule has 1 N–H and O–H groups in total. The number of hydrogen-bond donors (Lipinski definition) is 1. The number of hydrogen-bond acceptors (Lipinski definition) is 5. The molecule has 1 amide bonds. The molecule has 0 saturated carbocycles. The molecule has 0 aliphatic carbocycles. The molecule has 0 radical (unpaired) electrons. The lowest BCUT2D eigenvalue weighted by Crippen LogP contribution is -2.25. The van der Waals surface area contributed by atoms with E-state index < -0.39 is 0 Å². The number of nitrogens with zero attached hydrogens (tertiary/aromatic N) is 1. The Morgan fingerprint density at radius 3 is 2.60 bits per heavy atom. The first-order valence-corrected chi connectivity index (χ1v) is 10.2. The van der Waals surface area contributed by atoms with Crippen LogP contribution in [0.5, 0.6) is 11.5 Å². The lowest BCUT2D eigenvalue weighted by Gasteiger charge is -2.11. The van der Waals surface area contributed by atoms with Gasteiger partial charge in [0.2, 0.25) is 0 Å². The van der Waals surface area contributed by atoms with E-state index in [2.05, 4.69) is 26.5 Å². The third-order valence-electron chi connectivity index (χ3n) is 4.22. The van der Waals surface area contributed by atoms with Crippen molar-refractivity contribution in [1.82, 2.24) is 5.43 Å². The summed E-state index contributed by atoms with van der Waals surface area (Å²) in [6.45, 7) is 3.70. The van der Waals surface area contributed by atoms with Gasteiger partial charge in [0.15, 0.2) is 6.61 Å². The fraction of sp³-hybridized carbons (Fsp3) is 0.182. The molecule has 0 atom stereocenters. The summed E-state index contributed by atoms with van der Waals surface area (Å²) in [5, 5.41) is 4.40. The standard InChI is InChI=1S/C22H20BrClN2O4/c1-13-8-16(23)9-14(2)22(13)29-12-21(27)26-25-11-17-5-7-19(30-17)15-4-6-20(28-3)18(24)10-15/h4-11H,12H2,1-3H3,(H,26,27)/b25-11+. The minimum absolute atomic E-state index is 0.144. The number of furan rings is 1. The molecular formula is C22H20BrClN2O4. The van der Waals surface area contributed by atoms with Crippen LogP contribution in [-0.4, -0.2) is 25.8 Å². The van der Waals surface area contributed by atoms with Crippen LogP contribution < -0.4 is 14.9 Å². The molecule has 0 saturated heterocycles. The minimum atomic E-state index is -0.373. The van der Waals surface area contributed by atoms with Crippen LogP contribution in [0.4, 0.5) is 0 Å². The topological polar surface area (TPSA) is 73.1 Å². The third kappa shape index (κ3) is 5.43. The summed E-state index contributed by atoms with van der Waals surface area (Å²) in [5.41, 5.74) is 5.12. The zero-order valence-corrected chi connectivity index (χ0v) is 19.0. The van der Waals surface area contributed by atoms with Gasteiger partial charge in [0, 0.05) is 10.0 Å². The Kier molecular flexibility index (Phi) is 7.18. The van der Waals surface area contributed by atoms with Gasteiger partial charge in [0.05, 0.1) is 18.3 Å². The normalized spacial score (nSPS) is 11.0. The molecule has 1 aromatic heterocycles. The van der Waals surface area contributed by atoms with Crippen molar-refractivity contribution in [3.63, 3.8) is 0 Å². The van der Waals surface area contributed by atoms with Gasteiger partial charge in [-0.15, -0.1) is 0 Å². The monoisotopic (exact) mass is 490 g/mol. The molecule has 0 bridgehead atoms. The van der Waals surface area contributed by atoms with E-state index in [0.717, 1.165) is 21.2 Å². The molecule has 0 fully saturated rings. The molecule has 30 heavy (non-hydrogen) atoms. The third-order valence-corrected chi connectivity index (χ3v) is 4.97. The van der Waals surface area contributed by atoms with Crippen LogP contribution in [0.1, 0.15) is 16.9 Å². The number of aryl methyl sites for hydroxylation is 2. The summed E-state index contributed by atoms with van der Waals surface area (Å²) in [6, 6.07) is 12.8. The van der Waals surface area contributed by atoms with Gasteiger partial charge < -0.3 is 13.9 Å². The highest BCUT2D eigenvalue weighted by Gasteiger charge is 2.09. The number of ether oxygens (including phenoxy) is 2. The number of halogens is 2. The first kappa shape index (κ1) is 21.9. The molecule has 6 nitrogen and oxygen atoms in total. The molecule has 0 aliphatic rings. The second-order valence-electron chi connectivity index (χ2n) is 6.50. The quantitative estimate of drug-likeness (QED) is 0.349. The van der Waals surface area contributed by atoms with Crippen LogP contribution in [0.3, 0.4) is 0 Å². The van der Waals surface area contributed by atoms with E-state index in [1.165, 1.54) is 6.21 Å². The van der Waals surface area contributed by atoms with Crippen LogP contribution in [0.15, 0.2) is 56.5 Å². The Hall–Kier alpha value is -2.77. The summed E-state index contributed by atoms with van der Waals surface area (Å²) >= 11 is 9.59. The molecule has 0 unspecified atom stereocenters. The van der Waals surface area contributed by atoms with Crippen LogP contribution >= 0.6 is 27.5 Å². The molecular weight excluding hydrogens is 472 g/mol. The molecule has 2 aromatic carbocycles. The smallest absolute Gasteiger partial charge is 0.277 e. The first-order valence-electron chi connectivity index (χ1n) is 9.02. The Morgan fingerprint density at radius 2 is 1.93 bits per heavy atom. The predicted molar refractivity (Wildman–Crippen MR) is 121 cm³/mol. The number of carbonyl (C=O) groups is 1. The van der Waals surface area contributed by atoms with Crippen molar-refractivity contribution >= 4 is 39.7 Å². The number of rotatable bonds is 7. The van der Waals surface area contributed by atoms with Crippen LogP contribution in [-0.2, 0) is 4.79 Å². The highest BCUT2D eigenvalue weighted by Crippen LogP contribution is 2.31. The maximum Gasteiger partial charge on any atom is 0.277 e. The van der Waals surface area contributed by atoms with Crippen molar-refractivity contribution in [2.45, 2.75) is 13.8 Å². The van der Waals surface area contributed by atoms with Gasteiger partial charge in [-0.25, -0.2) is 5.43 Å². The van der Waals surface area contributed by atoms with Crippen molar-refractivity contribution in [2.24, 2.45) is 5.10 Å². The number of carbonyl (C=O) groups excluding carboxylic acids is 1. The predicted octanol–water partition coefficient (Wildman–Crippen LogP) is 5.52. The summed E-state index contributed by atoms with van der Waals surface area (Å²) in [7, 11) is 1.56. The Balaban J connectivity index is 1.56. The largest absolute Gasteiger partial charge is 0.495 e. The number of nitrogens with one attached hydrogen (secondary N) is 1. The van der Waals surface area contributed by atoms with Gasteiger partial charge >= 0.3 is 0 Å². The maximum absolute atomic E-state index is 12.0. The van der Waals surface area contributed by atoms with E-state index in [9.17, 15) is 4.79 Å². The fourth-order valence-corrected chi connectivity index (χ4v) is 3.80. The average molecular weight is 492 g/mol. The maximum atomic E-state index is 12.0. The fourth-order valence-electron chi connectivity index (χ4n) is 2.86. The molecule has 156 valence electrons. The highest BCUT2D eigenvalue weighted by atomic mass is 79.9. The second-order valence-corrected chi connectivity index (χ2v) is 7.82. The van der Waals surface area contributed by atoms with Crippen molar-refractivity contribution in [3.8, 4) is 22.8 Å². The van der Waals surface area contributed by atoms with E-state index in [4.69, 9.17) is 25.5 Å². The van der Waals surface area contributed by atoms with E-state index in [1.807, 2.05) is 32.0 Å². The summed E-state index contributed by atoms with van der Waals surface area (Å²) < 4.78 is 17.5. The van der Waals surface area contributed by atoms with Gasteiger partial charge in [0.25, 0.3) is 5.91 Å². The summed E-state index contributed by atoms with van der Waals surface area (Å²) in [5.74, 6) is 2.01. The number of methoxy groups -OCH3 is 1. The summed E-state index contributed by atoms with van der Waals surface area (Å²) in [4.78, 5) is 12.0. The van der Waals surface area contributed by atoms with Crippen molar-refractivity contribution in [1.29, 1.82) is 0 Å². The van der Waals surface area contributed by atoms with Gasteiger partial charge in [-0.1, -0.05) is 27.5 Å². The van der Waals surface area contributed by atoms with Crippen LogP contribution in [0, 0.1) is 13.8 Å². The molecule has 8 heteroatoms. The van der Waals surface area contributed by atoms with Crippen molar-refractivity contribution < 1.29 is 18.7 Å². The zero-order chi connectivity index (χ0) is 21.7. The Labute approximate surface area is 188 Å². The Bertz CT molecular complexity index is 1070. The average Bonchev–Trinajstić information content (AvgIpc) is 3.16. The lowest BCUT2D eigenvalue weighted by atomic mass is 10.1. The van der Waals surface area contributed by atoms with Gasteiger partial charge in [0.1, 0.15) is 23.0 Å². The lowest BCUT2D eigenvalue weighted by molar-refractivity contribution is -0.123. The SMILES string of the molecule is COc1ccc(-c2ccc(/C=N/NC(=O)COc3c(C)cc(Br)cc3C)o2)cc1Cl. The van der Waals surface area contributed by atoms with Crippen molar-refractivity contribution in [2.75, 3.05) is 13.7 Å². The van der Waals surface area contributed by atoms with E-state index in [1.54, 1.807) is 31.4 Å². The second kappa shape index (κ2) is 9.82. The molecule has 0 spiro atoms. The molecule has 3 rings (SSSR count).